The summed E-state index contributed by atoms with van der Waals surface area (Å²) in [7, 11) is 0. The number of nitrogens with zero attached hydrogens (tertiary/aromatic N) is 1. The molecule has 0 radical (unpaired) electrons. The molecule has 28 heavy (non-hydrogen) atoms. The lowest BCUT2D eigenvalue weighted by Gasteiger charge is -2.26. The van der Waals surface area contributed by atoms with Gasteiger partial charge in [0.1, 0.15) is 0 Å². The summed E-state index contributed by atoms with van der Waals surface area (Å²) in [6, 6.07) is 38.0. The summed E-state index contributed by atoms with van der Waals surface area (Å²) in [5.41, 5.74) is 3.32. The first-order chi connectivity index (χ1) is 13.8. The van der Waals surface area contributed by atoms with Crippen molar-refractivity contribution in [3.05, 3.63) is 114 Å². The molecule has 5 aromatic rings. The Bertz CT molecular complexity index is 1200. The topological polar surface area (TPSA) is 3.24 Å². The number of rotatable bonds is 3. The Hall–Kier alpha value is -3.29. The van der Waals surface area contributed by atoms with E-state index in [1.54, 1.807) is 0 Å². The van der Waals surface area contributed by atoms with E-state index in [4.69, 9.17) is 11.6 Å². The third-order valence-electron chi connectivity index (χ3n) is 5.07. The quantitative estimate of drug-likeness (QED) is 0.306. The first kappa shape index (κ1) is 16.9. The van der Waals surface area contributed by atoms with E-state index in [0.29, 0.717) is 0 Å². The molecular weight excluding hydrogens is 362 g/mol. The van der Waals surface area contributed by atoms with Gasteiger partial charge in [-0.1, -0.05) is 72.3 Å². The van der Waals surface area contributed by atoms with Crippen molar-refractivity contribution in [3.8, 4) is 0 Å². The minimum atomic E-state index is 0.737. The van der Waals surface area contributed by atoms with Crippen molar-refractivity contribution in [2.75, 3.05) is 4.90 Å². The largest absolute Gasteiger partial charge is 0.310 e. The summed E-state index contributed by atoms with van der Waals surface area (Å²) in [6.07, 6.45) is 0. The highest BCUT2D eigenvalue weighted by Gasteiger charge is 2.13. The number of hydrogen-bond donors (Lipinski definition) is 0. The highest BCUT2D eigenvalue weighted by Crippen LogP contribution is 2.37. The van der Waals surface area contributed by atoms with E-state index in [1.807, 2.05) is 12.1 Å². The Kier molecular flexibility index (Phi) is 4.23. The Labute approximate surface area is 169 Å². The fourth-order valence-electron chi connectivity index (χ4n) is 3.67. The van der Waals surface area contributed by atoms with E-state index in [2.05, 4.69) is 102 Å². The summed E-state index contributed by atoms with van der Waals surface area (Å²) < 4.78 is 0. The molecule has 0 aromatic heterocycles. The maximum absolute atomic E-state index is 6.15. The van der Waals surface area contributed by atoms with Crippen LogP contribution >= 0.6 is 11.6 Å². The molecule has 5 rings (SSSR count). The first-order valence-corrected chi connectivity index (χ1v) is 9.69. The highest BCUT2D eigenvalue weighted by atomic mass is 35.5. The van der Waals surface area contributed by atoms with Gasteiger partial charge in [-0.05, 0) is 70.1 Å². The van der Waals surface area contributed by atoms with Crippen molar-refractivity contribution in [2.45, 2.75) is 0 Å². The molecule has 0 heterocycles. The van der Waals surface area contributed by atoms with Gasteiger partial charge in [-0.3, -0.25) is 0 Å². The third-order valence-corrected chi connectivity index (χ3v) is 5.32. The average Bonchev–Trinajstić information content (AvgIpc) is 2.75. The molecule has 1 nitrogen and oxygen atoms in total. The molecule has 0 atom stereocenters. The molecule has 2 heteroatoms. The second kappa shape index (κ2) is 7.03. The standard InChI is InChI=1S/C26H18ClN/c27-23-11-15-24(16-12-23)28(25-13-9-19-5-1-3-7-21(19)17-25)26-14-10-20-6-2-4-8-22(20)18-26/h1-18H. The van der Waals surface area contributed by atoms with E-state index in [9.17, 15) is 0 Å². The van der Waals surface area contributed by atoms with Gasteiger partial charge in [-0.15, -0.1) is 0 Å². The van der Waals surface area contributed by atoms with Crippen LogP contribution in [0.2, 0.25) is 5.02 Å². The fraction of sp³-hybridized carbons (Fsp3) is 0. The van der Waals surface area contributed by atoms with Crippen LogP contribution in [-0.2, 0) is 0 Å². The van der Waals surface area contributed by atoms with Gasteiger partial charge in [0.25, 0.3) is 0 Å². The van der Waals surface area contributed by atoms with Crippen LogP contribution in [0.25, 0.3) is 21.5 Å². The zero-order valence-corrected chi connectivity index (χ0v) is 16.0. The normalized spacial score (nSPS) is 11.0. The Morgan fingerprint density at radius 1 is 0.429 bits per heavy atom. The SMILES string of the molecule is Clc1ccc(N(c2ccc3ccccc3c2)c2ccc3ccccc3c2)cc1. The van der Waals surface area contributed by atoms with Crippen LogP contribution < -0.4 is 4.90 Å². The van der Waals surface area contributed by atoms with Crippen LogP contribution in [0.4, 0.5) is 17.1 Å². The van der Waals surface area contributed by atoms with E-state index in [-0.39, 0.29) is 0 Å². The van der Waals surface area contributed by atoms with Crippen LogP contribution in [0.5, 0.6) is 0 Å². The second-order valence-electron chi connectivity index (χ2n) is 6.87. The molecular formula is C26H18ClN. The Morgan fingerprint density at radius 2 is 0.857 bits per heavy atom. The van der Waals surface area contributed by atoms with Gasteiger partial charge in [0.05, 0.1) is 0 Å². The van der Waals surface area contributed by atoms with Crippen molar-refractivity contribution in [1.82, 2.24) is 0 Å². The predicted octanol–water partition coefficient (Wildman–Crippen LogP) is 8.12. The van der Waals surface area contributed by atoms with Crippen LogP contribution in [0.15, 0.2) is 109 Å². The molecule has 0 saturated heterocycles. The van der Waals surface area contributed by atoms with Gasteiger partial charge >= 0.3 is 0 Å². The molecule has 0 bridgehead atoms. The molecule has 0 aliphatic carbocycles. The van der Waals surface area contributed by atoms with Crippen molar-refractivity contribution in [1.29, 1.82) is 0 Å². The van der Waals surface area contributed by atoms with Crippen LogP contribution in [0, 0.1) is 0 Å². The minimum absolute atomic E-state index is 0.737. The molecule has 0 aliphatic rings. The second-order valence-corrected chi connectivity index (χ2v) is 7.31. The first-order valence-electron chi connectivity index (χ1n) is 9.31. The molecule has 0 amide bonds. The van der Waals surface area contributed by atoms with Gasteiger partial charge in [0, 0.05) is 22.1 Å². The van der Waals surface area contributed by atoms with Gasteiger partial charge in [0.2, 0.25) is 0 Å². The molecule has 0 saturated carbocycles. The van der Waals surface area contributed by atoms with Gasteiger partial charge in [0.15, 0.2) is 0 Å². The lowest BCUT2D eigenvalue weighted by molar-refractivity contribution is 1.29. The van der Waals surface area contributed by atoms with Gasteiger partial charge in [-0.2, -0.15) is 0 Å². The zero-order valence-electron chi connectivity index (χ0n) is 15.2. The predicted molar refractivity (Wildman–Crippen MR) is 121 cm³/mol. The fourth-order valence-corrected chi connectivity index (χ4v) is 3.79. The lowest BCUT2D eigenvalue weighted by Crippen LogP contribution is -2.09. The van der Waals surface area contributed by atoms with E-state index in [1.165, 1.54) is 21.5 Å². The van der Waals surface area contributed by atoms with Crippen molar-refractivity contribution >= 4 is 50.2 Å². The number of anilines is 3. The molecule has 134 valence electrons. The number of halogens is 1. The Morgan fingerprint density at radius 3 is 1.36 bits per heavy atom. The molecule has 0 N–H and O–H groups in total. The van der Waals surface area contributed by atoms with E-state index >= 15 is 0 Å². The monoisotopic (exact) mass is 379 g/mol. The van der Waals surface area contributed by atoms with Crippen LogP contribution in [0.3, 0.4) is 0 Å². The summed E-state index contributed by atoms with van der Waals surface area (Å²) in [4.78, 5) is 2.27. The molecule has 0 fully saturated rings. The summed E-state index contributed by atoms with van der Waals surface area (Å²) >= 11 is 6.15. The number of hydrogen-bond acceptors (Lipinski definition) is 1. The molecule has 0 spiro atoms. The number of fused-ring (bicyclic) bond motifs is 2. The van der Waals surface area contributed by atoms with Crippen molar-refractivity contribution < 1.29 is 0 Å². The molecule has 5 aromatic carbocycles. The molecule has 0 unspecified atom stereocenters. The third kappa shape index (κ3) is 3.11. The molecule has 0 aliphatic heterocycles. The van der Waals surface area contributed by atoms with Gasteiger partial charge in [-0.25, -0.2) is 0 Å². The maximum atomic E-state index is 6.15. The maximum Gasteiger partial charge on any atom is 0.0468 e. The smallest absolute Gasteiger partial charge is 0.0468 e. The van der Waals surface area contributed by atoms with Crippen molar-refractivity contribution in [3.63, 3.8) is 0 Å². The summed E-state index contributed by atoms with van der Waals surface area (Å²) in [6.45, 7) is 0. The summed E-state index contributed by atoms with van der Waals surface area (Å²) in [5, 5.41) is 5.65. The zero-order chi connectivity index (χ0) is 18.9. The summed E-state index contributed by atoms with van der Waals surface area (Å²) in [5.74, 6) is 0. The van der Waals surface area contributed by atoms with Crippen molar-refractivity contribution in [2.24, 2.45) is 0 Å². The highest BCUT2D eigenvalue weighted by molar-refractivity contribution is 6.30. The lowest BCUT2D eigenvalue weighted by atomic mass is 10.1. The van der Waals surface area contributed by atoms with Crippen LogP contribution in [-0.4, -0.2) is 0 Å². The van der Waals surface area contributed by atoms with Gasteiger partial charge < -0.3 is 4.90 Å². The average molecular weight is 380 g/mol. The Balaban J connectivity index is 1.72. The van der Waals surface area contributed by atoms with E-state index in [0.717, 1.165) is 22.1 Å². The van der Waals surface area contributed by atoms with E-state index < -0.39 is 0 Å². The van der Waals surface area contributed by atoms with Crippen LogP contribution in [0.1, 0.15) is 0 Å². The number of benzene rings is 5. The minimum Gasteiger partial charge on any atom is -0.310 e.